The molecule has 0 aliphatic carbocycles. The predicted molar refractivity (Wildman–Crippen MR) is 111 cm³/mol. The Labute approximate surface area is 170 Å². The van der Waals surface area contributed by atoms with Crippen molar-refractivity contribution in [1.82, 2.24) is 0 Å². The molecule has 0 bridgehead atoms. The summed E-state index contributed by atoms with van der Waals surface area (Å²) in [7, 11) is 0. The number of rotatable bonds is 5. The van der Waals surface area contributed by atoms with Crippen molar-refractivity contribution in [3.8, 4) is 0 Å². The third-order valence-corrected chi connectivity index (χ3v) is 9.11. The van der Waals surface area contributed by atoms with E-state index in [9.17, 15) is 9.90 Å². The summed E-state index contributed by atoms with van der Waals surface area (Å²) in [6, 6.07) is 16.7. The fourth-order valence-corrected chi connectivity index (χ4v) is 7.84. The standard InChI is InChI=1S/C21H18N2O2Se2/c1-2-22-15-8-3-5-10-17(15)26-19(22)12-7-13-20-23(14-21(24)25)16-9-4-6-11-18(16)27-20/h3-13H,2,14H2,1H3/p+1. The first-order valence-corrected chi connectivity index (χ1v) is 12.2. The van der Waals surface area contributed by atoms with Gasteiger partial charge in [-0.2, -0.15) is 0 Å². The fourth-order valence-electron chi connectivity index (χ4n) is 3.19. The van der Waals surface area contributed by atoms with Gasteiger partial charge < -0.3 is 0 Å². The summed E-state index contributed by atoms with van der Waals surface area (Å²) < 4.78 is 7.03. The van der Waals surface area contributed by atoms with Gasteiger partial charge in [-0.05, 0) is 0 Å². The van der Waals surface area contributed by atoms with Crippen molar-refractivity contribution < 1.29 is 14.5 Å². The molecule has 0 amide bonds. The number of anilines is 1. The monoisotopic (exact) mass is 491 g/mol. The number of hydrogen-bond acceptors (Lipinski definition) is 2. The first kappa shape index (κ1) is 18.3. The molecule has 0 atom stereocenters. The number of allylic oxidation sites excluding steroid dienone is 2. The molecule has 1 aliphatic rings. The third kappa shape index (κ3) is 3.67. The van der Waals surface area contributed by atoms with E-state index in [1.165, 1.54) is 19.0 Å². The number of nitrogens with zero attached hydrogens (tertiary/aromatic N) is 2. The van der Waals surface area contributed by atoms with Crippen molar-refractivity contribution in [2.45, 2.75) is 13.5 Å². The molecule has 3 aromatic rings. The van der Waals surface area contributed by atoms with Gasteiger partial charge in [-0.15, -0.1) is 0 Å². The number of carboxylic acid groups (broad SMARTS) is 1. The summed E-state index contributed by atoms with van der Waals surface area (Å²) in [6.07, 6.45) is 6.36. The van der Waals surface area contributed by atoms with Gasteiger partial charge in [-0.1, -0.05) is 0 Å². The van der Waals surface area contributed by atoms with E-state index in [2.05, 4.69) is 60.4 Å². The molecule has 2 aromatic carbocycles. The van der Waals surface area contributed by atoms with Gasteiger partial charge >= 0.3 is 171 Å². The summed E-state index contributed by atoms with van der Waals surface area (Å²) in [5.74, 6) is -0.807. The van der Waals surface area contributed by atoms with Gasteiger partial charge in [0.25, 0.3) is 0 Å². The number of aliphatic carboxylic acids is 1. The van der Waals surface area contributed by atoms with E-state index < -0.39 is 5.97 Å². The van der Waals surface area contributed by atoms with Crippen LogP contribution in [-0.2, 0) is 11.3 Å². The Bertz CT molecular complexity index is 1070. The number of fused-ring (bicyclic) bond motifs is 2. The Hall–Kier alpha value is -2.10. The Morgan fingerprint density at radius 2 is 1.96 bits per heavy atom. The van der Waals surface area contributed by atoms with Crippen LogP contribution in [0.15, 0.2) is 65.3 Å². The van der Waals surface area contributed by atoms with Crippen LogP contribution in [0.2, 0.25) is 0 Å². The molecule has 27 heavy (non-hydrogen) atoms. The van der Waals surface area contributed by atoms with Gasteiger partial charge in [0.1, 0.15) is 0 Å². The van der Waals surface area contributed by atoms with Gasteiger partial charge in [0.05, 0.1) is 0 Å². The molecule has 0 fully saturated rings. The Balaban J connectivity index is 1.66. The molecule has 0 unspecified atom stereocenters. The number of para-hydroxylation sites is 2. The molecule has 0 radical (unpaired) electrons. The van der Waals surface area contributed by atoms with Crippen molar-refractivity contribution >= 4 is 61.4 Å². The van der Waals surface area contributed by atoms with E-state index in [4.69, 9.17) is 0 Å². The van der Waals surface area contributed by atoms with E-state index in [1.807, 2.05) is 22.8 Å². The second-order valence-electron chi connectivity index (χ2n) is 6.07. The third-order valence-electron chi connectivity index (χ3n) is 4.36. The molecule has 0 saturated carbocycles. The van der Waals surface area contributed by atoms with Crippen LogP contribution in [0.1, 0.15) is 11.5 Å². The zero-order chi connectivity index (χ0) is 18.8. The van der Waals surface area contributed by atoms with Crippen LogP contribution in [0.5, 0.6) is 0 Å². The molecule has 136 valence electrons. The van der Waals surface area contributed by atoms with Crippen molar-refractivity contribution in [1.29, 1.82) is 0 Å². The molecule has 1 N–H and O–H groups in total. The SMILES string of the molecule is CCN1/C(=C\C=C\c2[se]c3ccccc3[n+]2CC(=O)O)[Se]c2ccccc21. The second kappa shape index (κ2) is 7.87. The zero-order valence-corrected chi connectivity index (χ0v) is 18.3. The van der Waals surface area contributed by atoms with E-state index in [1.54, 1.807) is 0 Å². The quantitative estimate of drug-likeness (QED) is 0.441. The number of carbonyl (C=O) groups is 1. The summed E-state index contributed by atoms with van der Waals surface area (Å²) in [6.45, 7) is 3.14. The fraction of sp³-hybridized carbons (Fsp3) is 0.143. The number of hydrogen-bond donors (Lipinski definition) is 1. The van der Waals surface area contributed by atoms with Crippen LogP contribution >= 0.6 is 0 Å². The minimum atomic E-state index is -0.807. The van der Waals surface area contributed by atoms with Crippen LogP contribution in [0.4, 0.5) is 5.69 Å². The van der Waals surface area contributed by atoms with Crippen molar-refractivity contribution in [3.05, 3.63) is 69.8 Å². The van der Waals surface area contributed by atoms with Gasteiger partial charge in [0.2, 0.25) is 0 Å². The van der Waals surface area contributed by atoms with Crippen LogP contribution in [0.3, 0.4) is 0 Å². The van der Waals surface area contributed by atoms with E-state index in [0.29, 0.717) is 15.0 Å². The summed E-state index contributed by atoms with van der Waals surface area (Å²) >= 11 is 0.446. The van der Waals surface area contributed by atoms with E-state index in [-0.39, 0.29) is 21.0 Å². The molecule has 0 spiro atoms. The minimum absolute atomic E-state index is 0.00543. The topological polar surface area (TPSA) is 44.4 Å². The molecule has 0 saturated heterocycles. The van der Waals surface area contributed by atoms with Crippen LogP contribution in [-0.4, -0.2) is 47.1 Å². The van der Waals surface area contributed by atoms with Crippen molar-refractivity contribution in [3.63, 3.8) is 0 Å². The second-order valence-corrected chi connectivity index (χ2v) is 10.5. The predicted octanol–water partition coefficient (Wildman–Crippen LogP) is 1.99. The first-order chi connectivity index (χ1) is 13.2. The number of carboxylic acids is 1. The average Bonchev–Trinajstić information content (AvgIpc) is 3.19. The number of benzene rings is 2. The van der Waals surface area contributed by atoms with Crippen molar-refractivity contribution in [2.75, 3.05) is 11.4 Å². The van der Waals surface area contributed by atoms with E-state index >= 15 is 0 Å². The zero-order valence-electron chi connectivity index (χ0n) is 14.8. The normalized spacial score (nSPS) is 15.1. The Morgan fingerprint density at radius 3 is 2.78 bits per heavy atom. The van der Waals surface area contributed by atoms with E-state index in [0.717, 1.165) is 16.6 Å². The summed E-state index contributed by atoms with van der Waals surface area (Å²) in [5.41, 5.74) is 2.34. The molecule has 4 nitrogen and oxygen atoms in total. The molecule has 2 heterocycles. The summed E-state index contributed by atoms with van der Waals surface area (Å²) in [5, 5.41) is 9.29. The first-order valence-electron chi connectivity index (χ1n) is 8.73. The van der Waals surface area contributed by atoms with Gasteiger partial charge in [0, 0.05) is 0 Å². The molecule has 1 aromatic heterocycles. The Morgan fingerprint density at radius 1 is 1.19 bits per heavy atom. The average molecular weight is 489 g/mol. The molecule has 6 heteroatoms. The Kier molecular flexibility index (Phi) is 5.33. The maximum atomic E-state index is 11.3. The van der Waals surface area contributed by atoms with Gasteiger partial charge in [0.15, 0.2) is 0 Å². The van der Waals surface area contributed by atoms with Gasteiger partial charge in [-0.3, -0.25) is 0 Å². The maximum absolute atomic E-state index is 11.3. The number of aromatic nitrogens is 1. The molecule has 4 rings (SSSR count). The molecular weight excluding hydrogens is 470 g/mol. The van der Waals surface area contributed by atoms with Crippen molar-refractivity contribution in [2.24, 2.45) is 0 Å². The van der Waals surface area contributed by atoms with Gasteiger partial charge in [-0.25, -0.2) is 0 Å². The molecular formula is C21H19N2O2Se2+. The summed E-state index contributed by atoms with van der Waals surface area (Å²) in [4.78, 5) is 13.7. The van der Waals surface area contributed by atoms with Crippen LogP contribution < -0.4 is 13.9 Å². The van der Waals surface area contributed by atoms with Crippen LogP contribution in [0.25, 0.3) is 15.9 Å². The molecule has 1 aliphatic heterocycles. The van der Waals surface area contributed by atoms with Crippen LogP contribution in [0, 0.1) is 0 Å².